The van der Waals surface area contributed by atoms with Crippen molar-refractivity contribution in [2.24, 2.45) is 5.84 Å². The molecular formula is C16H26BrFN2. The quantitative estimate of drug-likeness (QED) is 0.366. The van der Waals surface area contributed by atoms with Crippen molar-refractivity contribution in [3.05, 3.63) is 34.1 Å². The molecule has 0 heterocycles. The van der Waals surface area contributed by atoms with Gasteiger partial charge in [-0.25, -0.2) is 4.39 Å². The third-order valence-corrected chi connectivity index (χ3v) is 4.00. The molecule has 1 aromatic carbocycles. The van der Waals surface area contributed by atoms with Crippen molar-refractivity contribution >= 4 is 15.9 Å². The largest absolute Gasteiger partial charge is 0.271 e. The first kappa shape index (κ1) is 17.6. The number of nitrogens with two attached hydrogens (primary N) is 1. The molecule has 0 aromatic heterocycles. The summed E-state index contributed by atoms with van der Waals surface area (Å²) < 4.78 is 14.1. The Morgan fingerprint density at radius 3 is 2.50 bits per heavy atom. The van der Waals surface area contributed by atoms with Crippen LogP contribution in [0.5, 0.6) is 0 Å². The molecule has 1 atom stereocenters. The zero-order chi connectivity index (χ0) is 14.8. The van der Waals surface area contributed by atoms with E-state index in [-0.39, 0.29) is 11.9 Å². The summed E-state index contributed by atoms with van der Waals surface area (Å²) in [5.74, 6) is 5.40. The van der Waals surface area contributed by atoms with Crippen molar-refractivity contribution in [3.63, 3.8) is 0 Å². The molecule has 20 heavy (non-hydrogen) atoms. The normalized spacial score (nSPS) is 12.6. The monoisotopic (exact) mass is 344 g/mol. The van der Waals surface area contributed by atoms with Gasteiger partial charge in [-0.3, -0.25) is 11.3 Å². The molecule has 0 spiro atoms. The lowest BCUT2D eigenvalue weighted by atomic mass is 10.00. The van der Waals surface area contributed by atoms with Gasteiger partial charge in [0.15, 0.2) is 0 Å². The van der Waals surface area contributed by atoms with E-state index in [1.807, 2.05) is 6.07 Å². The number of benzene rings is 1. The second-order valence-corrected chi connectivity index (χ2v) is 6.32. The first-order valence-corrected chi connectivity index (χ1v) is 8.36. The van der Waals surface area contributed by atoms with Crippen molar-refractivity contribution in [2.45, 2.75) is 64.3 Å². The van der Waals surface area contributed by atoms with Crippen LogP contribution in [0.1, 0.15) is 57.4 Å². The number of unbranched alkanes of at least 4 members (excludes halogenated alkanes) is 5. The van der Waals surface area contributed by atoms with E-state index in [4.69, 9.17) is 5.84 Å². The van der Waals surface area contributed by atoms with Crippen LogP contribution in [0.15, 0.2) is 22.7 Å². The van der Waals surface area contributed by atoms with Crippen LogP contribution in [0.3, 0.4) is 0 Å². The van der Waals surface area contributed by atoms with Gasteiger partial charge < -0.3 is 0 Å². The van der Waals surface area contributed by atoms with Crippen LogP contribution in [0.2, 0.25) is 0 Å². The minimum atomic E-state index is -0.204. The zero-order valence-electron chi connectivity index (χ0n) is 12.3. The Bertz CT molecular complexity index is 364. The summed E-state index contributed by atoms with van der Waals surface area (Å²) in [5.41, 5.74) is 3.83. The molecule has 1 aromatic rings. The summed E-state index contributed by atoms with van der Waals surface area (Å²) in [6.07, 6.45) is 9.47. The van der Waals surface area contributed by atoms with Gasteiger partial charge in [0, 0.05) is 10.5 Å². The highest BCUT2D eigenvalue weighted by atomic mass is 79.9. The van der Waals surface area contributed by atoms with E-state index >= 15 is 0 Å². The molecule has 0 saturated heterocycles. The Morgan fingerprint density at radius 1 is 1.15 bits per heavy atom. The van der Waals surface area contributed by atoms with E-state index in [9.17, 15) is 4.39 Å². The van der Waals surface area contributed by atoms with E-state index in [2.05, 4.69) is 28.3 Å². The van der Waals surface area contributed by atoms with Gasteiger partial charge in [0.2, 0.25) is 0 Å². The third kappa shape index (κ3) is 7.36. The molecule has 0 saturated carbocycles. The second-order valence-electron chi connectivity index (χ2n) is 5.40. The van der Waals surface area contributed by atoms with Crippen molar-refractivity contribution in [1.82, 2.24) is 5.43 Å². The molecule has 1 rings (SSSR count). The average Bonchev–Trinajstić information content (AvgIpc) is 2.40. The van der Waals surface area contributed by atoms with E-state index < -0.39 is 0 Å². The van der Waals surface area contributed by atoms with Gasteiger partial charge in [0.05, 0.1) is 0 Å². The van der Waals surface area contributed by atoms with E-state index in [0.717, 1.165) is 22.9 Å². The fourth-order valence-corrected chi connectivity index (χ4v) is 2.94. The van der Waals surface area contributed by atoms with Crippen LogP contribution >= 0.6 is 15.9 Å². The van der Waals surface area contributed by atoms with Crippen molar-refractivity contribution in [3.8, 4) is 0 Å². The number of hydrogen-bond donors (Lipinski definition) is 2. The highest BCUT2D eigenvalue weighted by Crippen LogP contribution is 2.17. The molecule has 0 fully saturated rings. The van der Waals surface area contributed by atoms with Crippen LogP contribution in [0.4, 0.5) is 4.39 Å². The molecular weight excluding hydrogens is 319 g/mol. The number of rotatable bonds is 10. The highest BCUT2D eigenvalue weighted by Gasteiger charge is 2.09. The summed E-state index contributed by atoms with van der Waals surface area (Å²) in [4.78, 5) is 0. The Labute approximate surface area is 130 Å². The Balaban J connectivity index is 2.31. The first-order valence-electron chi connectivity index (χ1n) is 7.56. The summed E-state index contributed by atoms with van der Waals surface area (Å²) in [7, 11) is 0. The van der Waals surface area contributed by atoms with Crippen molar-refractivity contribution in [1.29, 1.82) is 0 Å². The molecule has 0 bridgehead atoms. The van der Waals surface area contributed by atoms with Gasteiger partial charge in [-0.05, 0) is 36.6 Å². The maximum absolute atomic E-state index is 13.3. The molecule has 3 N–H and O–H groups in total. The van der Waals surface area contributed by atoms with Crippen LogP contribution < -0.4 is 11.3 Å². The highest BCUT2D eigenvalue weighted by molar-refractivity contribution is 9.10. The molecule has 0 radical (unpaired) electrons. The van der Waals surface area contributed by atoms with Crippen LogP contribution in [0.25, 0.3) is 0 Å². The molecule has 114 valence electrons. The zero-order valence-corrected chi connectivity index (χ0v) is 13.9. The maximum Gasteiger partial charge on any atom is 0.124 e. The molecule has 2 nitrogen and oxygen atoms in total. The molecule has 1 unspecified atom stereocenters. The maximum atomic E-state index is 13.3. The van der Waals surface area contributed by atoms with Gasteiger partial charge in [-0.1, -0.05) is 61.4 Å². The lowest BCUT2D eigenvalue weighted by Gasteiger charge is -2.16. The number of halogens is 2. The number of nitrogens with one attached hydrogen (secondary N) is 1. The standard InChI is InChI=1S/C16H26BrFN2/c1-2-3-4-5-6-7-8-16(20-19)11-13-9-14(17)12-15(18)10-13/h9-10,12,16,20H,2-8,11,19H2,1H3. The topological polar surface area (TPSA) is 38.0 Å². The van der Waals surface area contributed by atoms with E-state index in [1.165, 1.54) is 44.6 Å². The molecule has 0 aliphatic carbocycles. The average molecular weight is 345 g/mol. The van der Waals surface area contributed by atoms with Gasteiger partial charge >= 0.3 is 0 Å². The summed E-state index contributed by atoms with van der Waals surface area (Å²) >= 11 is 3.32. The minimum Gasteiger partial charge on any atom is -0.271 e. The van der Waals surface area contributed by atoms with E-state index in [1.54, 1.807) is 6.07 Å². The number of hydrazine groups is 1. The van der Waals surface area contributed by atoms with Crippen LogP contribution in [0, 0.1) is 5.82 Å². The van der Waals surface area contributed by atoms with Gasteiger partial charge in [-0.2, -0.15) is 0 Å². The summed E-state index contributed by atoms with van der Waals surface area (Å²) in [6.45, 7) is 2.23. The first-order chi connectivity index (χ1) is 9.65. The third-order valence-electron chi connectivity index (χ3n) is 3.55. The smallest absolute Gasteiger partial charge is 0.124 e. The molecule has 0 aliphatic heterocycles. The van der Waals surface area contributed by atoms with Crippen molar-refractivity contribution in [2.75, 3.05) is 0 Å². The predicted octanol–water partition coefficient (Wildman–Crippen LogP) is 4.71. The fraction of sp³-hybridized carbons (Fsp3) is 0.625. The lowest BCUT2D eigenvalue weighted by molar-refractivity contribution is 0.458. The molecule has 4 heteroatoms. The van der Waals surface area contributed by atoms with Gasteiger partial charge in [0.1, 0.15) is 5.82 Å². The Morgan fingerprint density at radius 2 is 1.85 bits per heavy atom. The fourth-order valence-electron chi connectivity index (χ4n) is 2.43. The second kappa shape index (κ2) is 10.3. The molecule has 0 amide bonds. The minimum absolute atomic E-state index is 0.204. The lowest BCUT2D eigenvalue weighted by Crippen LogP contribution is -2.36. The molecule has 0 aliphatic rings. The van der Waals surface area contributed by atoms with Crippen LogP contribution in [-0.4, -0.2) is 6.04 Å². The van der Waals surface area contributed by atoms with Gasteiger partial charge in [0.25, 0.3) is 0 Å². The summed E-state index contributed by atoms with van der Waals surface area (Å²) in [5, 5.41) is 0. The van der Waals surface area contributed by atoms with Gasteiger partial charge in [-0.15, -0.1) is 0 Å². The van der Waals surface area contributed by atoms with Crippen LogP contribution in [-0.2, 0) is 6.42 Å². The SMILES string of the molecule is CCCCCCCCC(Cc1cc(F)cc(Br)c1)NN. The Hall–Kier alpha value is -0.450. The summed E-state index contributed by atoms with van der Waals surface area (Å²) in [6, 6.07) is 5.22. The van der Waals surface area contributed by atoms with Crippen molar-refractivity contribution < 1.29 is 4.39 Å². The Kier molecular flexibility index (Phi) is 9.07. The number of hydrogen-bond acceptors (Lipinski definition) is 2. The van der Waals surface area contributed by atoms with E-state index in [0.29, 0.717) is 0 Å². The predicted molar refractivity (Wildman–Crippen MR) is 86.9 cm³/mol.